The molecule has 0 amide bonds. The average Bonchev–Trinajstić information content (AvgIpc) is 2.13. The van der Waals surface area contributed by atoms with Gasteiger partial charge in [0.15, 0.2) is 9.84 Å². The summed E-state index contributed by atoms with van der Waals surface area (Å²) in [4.78, 5) is 0. The van der Waals surface area contributed by atoms with Crippen LogP contribution in [0.25, 0.3) is 0 Å². The lowest BCUT2D eigenvalue weighted by Crippen LogP contribution is -2.32. The highest BCUT2D eigenvalue weighted by atomic mass is 32.2. The Bertz CT molecular complexity index is 471. The smallest absolute Gasteiger partial charge is 0.152 e. The Morgan fingerprint density at radius 3 is 2.06 bits per heavy atom. The first kappa shape index (κ1) is 14.2. The predicted octanol–water partition coefficient (Wildman–Crippen LogP) is 1.64. The maximum atomic E-state index is 11.3. The van der Waals surface area contributed by atoms with Gasteiger partial charge < -0.3 is 5.11 Å². The summed E-state index contributed by atoms with van der Waals surface area (Å²) < 4.78 is 22.7. The van der Waals surface area contributed by atoms with Gasteiger partial charge in [-0.2, -0.15) is 0 Å². The van der Waals surface area contributed by atoms with E-state index in [9.17, 15) is 13.5 Å². The van der Waals surface area contributed by atoms with Crippen LogP contribution in [0.2, 0.25) is 0 Å². The number of rotatable bonds is 4. The molecule has 0 spiro atoms. The maximum absolute atomic E-state index is 11.3. The molecule has 1 aromatic rings. The molecule has 0 aliphatic carbocycles. The second kappa shape index (κ2) is 5.19. The topological polar surface area (TPSA) is 54.4 Å². The first-order chi connectivity index (χ1) is 7.70. The zero-order chi connectivity index (χ0) is 13.2. The van der Waals surface area contributed by atoms with Gasteiger partial charge in [0.1, 0.15) is 0 Å². The zero-order valence-electron chi connectivity index (χ0n) is 10.8. The Morgan fingerprint density at radius 1 is 1.18 bits per heavy atom. The molecule has 2 atom stereocenters. The Labute approximate surface area is 103 Å². The molecule has 0 aliphatic rings. The van der Waals surface area contributed by atoms with Gasteiger partial charge in [-0.3, -0.25) is 0 Å². The second-order valence-corrected chi connectivity index (χ2v) is 7.20. The summed E-state index contributed by atoms with van der Waals surface area (Å²) in [6.45, 7) is 5.52. The van der Waals surface area contributed by atoms with E-state index in [-0.39, 0.29) is 0 Å². The Balaban J connectivity index is 2.84. The molecular weight excluding hydrogens is 236 g/mol. The number of hydrogen-bond acceptors (Lipinski definition) is 3. The van der Waals surface area contributed by atoms with Crippen LogP contribution in [0.3, 0.4) is 0 Å². The maximum Gasteiger partial charge on any atom is 0.152 e. The van der Waals surface area contributed by atoms with E-state index >= 15 is 0 Å². The quantitative estimate of drug-likeness (QED) is 0.891. The molecule has 4 heteroatoms. The molecule has 2 unspecified atom stereocenters. The van der Waals surface area contributed by atoms with Crippen LogP contribution in [-0.2, 0) is 16.3 Å². The molecule has 1 aromatic carbocycles. The predicted molar refractivity (Wildman–Crippen MR) is 69.9 cm³/mol. The van der Waals surface area contributed by atoms with Crippen molar-refractivity contribution in [1.82, 2.24) is 0 Å². The molecule has 17 heavy (non-hydrogen) atoms. The van der Waals surface area contributed by atoms with Gasteiger partial charge in [-0.05, 0) is 32.8 Å². The van der Waals surface area contributed by atoms with Crippen molar-refractivity contribution in [1.29, 1.82) is 0 Å². The average molecular weight is 256 g/mol. The van der Waals surface area contributed by atoms with Crippen molar-refractivity contribution in [3.05, 3.63) is 34.9 Å². The van der Waals surface area contributed by atoms with E-state index < -0.39 is 21.2 Å². The molecule has 1 rings (SSSR count). The van der Waals surface area contributed by atoms with Gasteiger partial charge in [-0.1, -0.05) is 29.3 Å². The summed E-state index contributed by atoms with van der Waals surface area (Å²) in [6, 6.07) is 6.01. The highest BCUT2D eigenvalue weighted by Crippen LogP contribution is 2.14. The van der Waals surface area contributed by atoms with Gasteiger partial charge in [0.05, 0.1) is 11.4 Å². The van der Waals surface area contributed by atoms with Gasteiger partial charge in [-0.25, -0.2) is 8.42 Å². The highest BCUT2D eigenvalue weighted by molar-refractivity contribution is 7.91. The third-order valence-corrected chi connectivity index (χ3v) is 4.61. The summed E-state index contributed by atoms with van der Waals surface area (Å²) in [6.07, 6.45) is 0.672. The van der Waals surface area contributed by atoms with E-state index in [1.807, 2.05) is 26.0 Å². The largest absolute Gasteiger partial charge is 0.391 e. The third kappa shape index (κ3) is 4.13. The van der Waals surface area contributed by atoms with Gasteiger partial charge in [0, 0.05) is 6.26 Å². The number of sulfone groups is 1. The normalized spacial score (nSPS) is 15.6. The highest BCUT2D eigenvalue weighted by Gasteiger charge is 2.24. The first-order valence-electron chi connectivity index (χ1n) is 5.64. The number of aryl methyl sites for hydroxylation is 2. The van der Waals surface area contributed by atoms with Crippen molar-refractivity contribution in [3.63, 3.8) is 0 Å². The van der Waals surface area contributed by atoms with Crippen molar-refractivity contribution in [2.75, 3.05) is 6.26 Å². The number of hydrogen-bond donors (Lipinski definition) is 1. The van der Waals surface area contributed by atoms with Crippen molar-refractivity contribution in [2.24, 2.45) is 0 Å². The lowest BCUT2D eigenvalue weighted by molar-refractivity contribution is 0.173. The van der Waals surface area contributed by atoms with Crippen molar-refractivity contribution >= 4 is 9.84 Å². The monoisotopic (exact) mass is 256 g/mol. The fourth-order valence-corrected chi connectivity index (χ4v) is 2.55. The minimum absolute atomic E-state index is 0.372. The molecule has 3 nitrogen and oxygen atoms in total. The minimum Gasteiger partial charge on any atom is -0.391 e. The fraction of sp³-hybridized carbons (Fsp3) is 0.538. The Kier molecular flexibility index (Phi) is 4.33. The number of aliphatic hydroxyl groups excluding tert-OH is 1. The van der Waals surface area contributed by atoms with Crippen LogP contribution in [0.5, 0.6) is 0 Å². The Hall–Kier alpha value is -0.870. The van der Waals surface area contributed by atoms with Gasteiger partial charge in [0.25, 0.3) is 0 Å². The van der Waals surface area contributed by atoms with E-state index in [1.54, 1.807) is 6.92 Å². The van der Waals surface area contributed by atoms with Crippen molar-refractivity contribution in [2.45, 2.75) is 38.5 Å². The zero-order valence-corrected chi connectivity index (χ0v) is 11.6. The summed E-state index contributed by atoms with van der Waals surface area (Å²) in [5.74, 6) is 0. The van der Waals surface area contributed by atoms with Crippen molar-refractivity contribution in [3.8, 4) is 0 Å². The fourth-order valence-electron chi connectivity index (χ4n) is 1.88. The number of benzene rings is 1. The third-order valence-electron chi connectivity index (χ3n) is 2.94. The van der Waals surface area contributed by atoms with E-state index in [1.165, 1.54) is 0 Å². The van der Waals surface area contributed by atoms with E-state index in [0.29, 0.717) is 6.42 Å². The molecule has 0 aliphatic heterocycles. The van der Waals surface area contributed by atoms with E-state index in [4.69, 9.17) is 0 Å². The molecule has 0 saturated carbocycles. The molecule has 0 saturated heterocycles. The van der Waals surface area contributed by atoms with Gasteiger partial charge >= 0.3 is 0 Å². The van der Waals surface area contributed by atoms with Crippen LogP contribution >= 0.6 is 0 Å². The van der Waals surface area contributed by atoms with E-state index in [2.05, 4.69) is 6.07 Å². The summed E-state index contributed by atoms with van der Waals surface area (Å²) in [5.41, 5.74) is 3.23. The van der Waals surface area contributed by atoms with Crippen LogP contribution in [0.15, 0.2) is 18.2 Å². The van der Waals surface area contributed by atoms with Crippen LogP contribution in [0.4, 0.5) is 0 Å². The lowest BCUT2D eigenvalue weighted by Gasteiger charge is -2.17. The SMILES string of the molecule is Cc1cc(C)cc(CC(O)C(C)S(C)(=O)=O)c1. The Morgan fingerprint density at radius 2 is 1.65 bits per heavy atom. The van der Waals surface area contributed by atoms with Gasteiger partial charge in [0.2, 0.25) is 0 Å². The molecule has 0 heterocycles. The van der Waals surface area contributed by atoms with Crippen LogP contribution < -0.4 is 0 Å². The molecule has 0 radical (unpaired) electrons. The first-order valence-corrected chi connectivity index (χ1v) is 7.59. The van der Waals surface area contributed by atoms with E-state index in [0.717, 1.165) is 22.9 Å². The second-order valence-electron chi connectivity index (χ2n) is 4.80. The molecule has 0 aromatic heterocycles. The standard InChI is InChI=1S/C13H20O3S/c1-9-5-10(2)7-12(6-9)8-13(14)11(3)17(4,15)16/h5-7,11,13-14H,8H2,1-4H3. The summed E-state index contributed by atoms with van der Waals surface area (Å²) in [7, 11) is -3.19. The summed E-state index contributed by atoms with van der Waals surface area (Å²) in [5, 5.41) is 9.18. The lowest BCUT2D eigenvalue weighted by atomic mass is 10.0. The molecule has 96 valence electrons. The summed E-state index contributed by atoms with van der Waals surface area (Å²) >= 11 is 0. The molecule has 1 N–H and O–H groups in total. The van der Waals surface area contributed by atoms with Gasteiger partial charge in [-0.15, -0.1) is 0 Å². The number of aliphatic hydroxyl groups is 1. The van der Waals surface area contributed by atoms with Crippen LogP contribution in [0, 0.1) is 13.8 Å². The van der Waals surface area contributed by atoms with Crippen LogP contribution in [0.1, 0.15) is 23.6 Å². The molecular formula is C13H20O3S. The minimum atomic E-state index is -3.19. The molecule has 0 bridgehead atoms. The van der Waals surface area contributed by atoms with Crippen molar-refractivity contribution < 1.29 is 13.5 Å². The van der Waals surface area contributed by atoms with Crippen LogP contribution in [-0.4, -0.2) is 31.1 Å². The molecule has 0 fully saturated rings.